The molecule has 1 aromatic carbocycles. The first-order valence-corrected chi connectivity index (χ1v) is 6.83. The van der Waals surface area contributed by atoms with Crippen LogP contribution in [0.25, 0.3) is 6.08 Å². The molecule has 21 heavy (non-hydrogen) atoms. The molecular formula is C16H17FN4. The molecule has 0 amide bonds. The van der Waals surface area contributed by atoms with Gasteiger partial charge in [-0.05, 0) is 36.4 Å². The predicted octanol–water partition coefficient (Wildman–Crippen LogP) is 2.00. The van der Waals surface area contributed by atoms with Crippen molar-refractivity contribution in [1.29, 1.82) is 10.5 Å². The van der Waals surface area contributed by atoms with Crippen LogP contribution in [-0.4, -0.2) is 43.0 Å². The van der Waals surface area contributed by atoms with Gasteiger partial charge in [0.15, 0.2) is 0 Å². The Hall–Kier alpha value is -2.21. The van der Waals surface area contributed by atoms with Gasteiger partial charge in [0.1, 0.15) is 23.5 Å². The average Bonchev–Trinajstić information content (AvgIpc) is 2.49. The lowest BCUT2D eigenvalue weighted by Gasteiger charge is -2.32. The Bertz CT molecular complexity index is 600. The third-order valence-corrected chi connectivity index (χ3v) is 3.64. The molecule has 0 unspecified atom stereocenters. The number of nitrogens with zero attached hydrogens (tertiary/aromatic N) is 4. The van der Waals surface area contributed by atoms with Crippen molar-refractivity contribution in [3.8, 4) is 12.1 Å². The molecule has 1 saturated heterocycles. The minimum absolute atomic E-state index is 0.0289. The lowest BCUT2D eigenvalue weighted by molar-refractivity contribution is 0.148. The summed E-state index contributed by atoms with van der Waals surface area (Å²) in [5.74, 6) is -0.299. The first kappa shape index (κ1) is 15.2. The second kappa shape index (κ2) is 6.99. The van der Waals surface area contributed by atoms with Crippen molar-refractivity contribution in [2.45, 2.75) is 6.54 Å². The maximum absolute atomic E-state index is 13.5. The predicted molar refractivity (Wildman–Crippen MR) is 78.4 cm³/mol. The van der Waals surface area contributed by atoms with Crippen LogP contribution in [0.4, 0.5) is 4.39 Å². The Morgan fingerprint density at radius 2 is 1.90 bits per heavy atom. The maximum Gasteiger partial charge on any atom is 0.130 e. The Morgan fingerprint density at radius 1 is 1.24 bits per heavy atom. The molecule has 108 valence electrons. The van der Waals surface area contributed by atoms with E-state index in [9.17, 15) is 4.39 Å². The van der Waals surface area contributed by atoms with E-state index < -0.39 is 0 Å². The third-order valence-electron chi connectivity index (χ3n) is 3.64. The van der Waals surface area contributed by atoms with Gasteiger partial charge in [0.05, 0.1) is 0 Å². The van der Waals surface area contributed by atoms with E-state index in [2.05, 4.69) is 16.8 Å². The third kappa shape index (κ3) is 4.13. The van der Waals surface area contributed by atoms with Crippen LogP contribution in [0.2, 0.25) is 0 Å². The molecular weight excluding hydrogens is 267 g/mol. The van der Waals surface area contributed by atoms with E-state index in [4.69, 9.17) is 10.5 Å². The van der Waals surface area contributed by atoms with Gasteiger partial charge in [0, 0.05) is 32.7 Å². The van der Waals surface area contributed by atoms with Crippen molar-refractivity contribution >= 4 is 6.08 Å². The van der Waals surface area contributed by atoms with Gasteiger partial charge in [-0.2, -0.15) is 10.5 Å². The SMILES string of the molecule is CN1CCN(Cc2cc(F)ccc2C=C(C#N)C#N)CC1. The highest BCUT2D eigenvalue weighted by molar-refractivity contribution is 5.64. The molecule has 0 saturated carbocycles. The summed E-state index contributed by atoms with van der Waals surface area (Å²) in [6, 6.07) is 8.13. The monoisotopic (exact) mass is 284 g/mol. The van der Waals surface area contributed by atoms with E-state index >= 15 is 0 Å². The summed E-state index contributed by atoms with van der Waals surface area (Å²) in [7, 11) is 2.08. The van der Waals surface area contributed by atoms with Crippen LogP contribution in [0, 0.1) is 28.5 Å². The molecule has 4 nitrogen and oxygen atoms in total. The molecule has 1 heterocycles. The first-order chi connectivity index (χ1) is 10.1. The normalized spacial score (nSPS) is 16.0. The van der Waals surface area contributed by atoms with Gasteiger partial charge in [-0.25, -0.2) is 4.39 Å². The van der Waals surface area contributed by atoms with Crippen molar-refractivity contribution < 1.29 is 4.39 Å². The second-order valence-electron chi connectivity index (χ2n) is 5.20. The Kier molecular flexibility index (Phi) is 5.05. The van der Waals surface area contributed by atoms with Gasteiger partial charge >= 0.3 is 0 Å². The van der Waals surface area contributed by atoms with Crippen molar-refractivity contribution in [2.24, 2.45) is 0 Å². The van der Waals surface area contributed by atoms with Crippen molar-refractivity contribution in [3.05, 3.63) is 40.7 Å². The van der Waals surface area contributed by atoms with Gasteiger partial charge in [-0.1, -0.05) is 6.07 Å². The summed E-state index contributed by atoms with van der Waals surface area (Å²) in [6.07, 6.45) is 1.52. The fourth-order valence-corrected chi connectivity index (χ4v) is 2.34. The molecule has 0 aliphatic carbocycles. The molecule has 1 aromatic rings. The van der Waals surface area contributed by atoms with Crippen molar-refractivity contribution in [3.63, 3.8) is 0 Å². The van der Waals surface area contributed by atoms with Crippen LogP contribution in [0.5, 0.6) is 0 Å². The largest absolute Gasteiger partial charge is 0.304 e. The highest BCUT2D eigenvalue weighted by Gasteiger charge is 2.15. The van der Waals surface area contributed by atoms with E-state index in [0.717, 1.165) is 37.3 Å². The van der Waals surface area contributed by atoms with Crippen LogP contribution >= 0.6 is 0 Å². The van der Waals surface area contributed by atoms with E-state index in [-0.39, 0.29) is 11.4 Å². The summed E-state index contributed by atoms with van der Waals surface area (Å²) >= 11 is 0. The number of piperazine rings is 1. The van der Waals surface area contributed by atoms with Crippen LogP contribution in [0.15, 0.2) is 23.8 Å². The highest BCUT2D eigenvalue weighted by Crippen LogP contribution is 2.18. The van der Waals surface area contributed by atoms with Crippen LogP contribution in [0.1, 0.15) is 11.1 Å². The van der Waals surface area contributed by atoms with Crippen molar-refractivity contribution in [1.82, 2.24) is 9.80 Å². The van der Waals surface area contributed by atoms with Crippen molar-refractivity contribution in [2.75, 3.05) is 33.2 Å². The Labute approximate surface area is 124 Å². The molecule has 0 bridgehead atoms. The zero-order chi connectivity index (χ0) is 15.2. The number of likely N-dealkylation sites (N-methyl/N-ethyl adjacent to an activating group) is 1. The molecule has 0 atom stereocenters. The fourth-order valence-electron chi connectivity index (χ4n) is 2.34. The molecule has 1 aliphatic rings. The summed E-state index contributed by atoms with van der Waals surface area (Å²) < 4.78 is 13.5. The van der Waals surface area contributed by atoms with E-state index in [1.807, 2.05) is 12.1 Å². The topological polar surface area (TPSA) is 54.1 Å². The van der Waals surface area contributed by atoms with Gasteiger partial charge in [0.25, 0.3) is 0 Å². The van der Waals surface area contributed by atoms with Crippen LogP contribution in [0.3, 0.4) is 0 Å². The van der Waals surface area contributed by atoms with E-state index in [0.29, 0.717) is 6.54 Å². The number of benzene rings is 1. The number of hydrogen-bond acceptors (Lipinski definition) is 4. The maximum atomic E-state index is 13.5. The molecule has 5 heteroatoms. The van der Waals surface area contributed by atoms with E-state index in [1.165, 1.54) is 18.2 Å². The average molecular weight is 284 g/mol. The highest BCUT2D eigenvalue weighted by atomic mass is 19.1. The minimum Gasteiger partial charge on any atom is -0.304 e. The fraction of sp³-hybridized carbons (Fsp3) is 0.375. The quantitative estimate of drug-likeness (QED) is 0.797. The molecule has 1 aliphatic heterocycles. The number of allylic oxidation sites excluding steroid dienone is 1. The Morgan fingerprint density at radius 3 is 2.52 bits per heavy atom. The summed E-state index contributed by atoms with van der Waals surface area (Å²) in [5, 5.41) is 17.7. The lowest BCUT2D eigenvalue weighted by Crippen LogP contribution is -2.43. The van der Waals surface area contributed by atoms with Crippen LogP contribution < -0.4 is 0 Å². The van der Waals surface area contributed by atoms with Crippen LogP contribution in [-0.2, 0) is 6.54 Å². The molecule has 0 spiro atoms. The minimum atomic E-state index is -0.299. The molecule has 0 radical (unpaired) electrons. The summed E-state index contributed by atoms with van der Waals surface area (Å²) in [6.45, 7) is 4.46. The number of rotatable bonds is 3. The van der Waals surface area contributed by atoms with Gasteiger partial charge < -0.3 is 4.90 Å². The smallest absolute Gasteiger partial charge is 0.130 e. The van der Waals surface area contributed by atoms with Gasteiger partial charge in [-0.3, -0.25) is 4.90 Å². The standard InChI is InChI=1S/C16H17FN4/c1-20-4-6-21(7-5-20)12-15-9-16(17)3-2-14(15)8-13(10-18)11-19/h2-3,8-9H,4-7,12H2,1H3. The Balaban J connectivity index is 2.22. The first-order valence-electron chi connectivity index (χ1n) is 6.83. The molecule has 1 fully saturated rings. The molecule has 0 aromatic heterocycles. The van der Waals surface area contributed by atoms with Gasteiger partial charge in [-0.15, -0.1) is 0 Å². The lowest BCUT2D eigenvalue weighted by atomic mass is 10.0. The number of halogens is 1. The zero-order valence-electron chi connectivity index (χ0n) is 12.0. The molecule has 0 N–H and O–H groups in total. The number of hydrogen-bond donors (Lipinski definition) is 0. The summed E-state index contributed by atoms with van der Waals surface area (Å²) in [4.78, 5) is 4.51. The second-order valence-corrected chi connectivity index (χ2v) is 5.20. The number of nitriles is 2. The zero-order valence-corrected chi connectivity index (χ0v) is 12.0. The molecule has 2 rings (SSSR count). The summed E-state index contributed by atoms with van der Waals surface area (Å²) in [5.41, 5.74) is 1.57. The van der Waals surface area contributed by atoms with E-state index in [1.54, 1.807) is 6.07 Å². The van der Waals surface area contributed by atoms with Gasteiger partial charge in [0.2, 0.25) is 0 Å².